The Bertz CT molecular complexity index is 2930. The van der Waals surface area contributed by atoms with E-state index in [4.69, 9.17) is 13.5 Å². The van der Waals surface area contributed by atoms with Gasteiger partial charge in [0.15, 0.2) is 11.7 Å². The molecule has 21 nitrogen and oxygen atoms in total. The molecular formula is C82H179N17O4S4. The molecule has 0 radical (unpaired) electrons. The Kier molecular flexibility index (Phi) is 124. The lowest BCUT2D eigenvalue weighted by molar-refractivity contribution is 0.389. The van der Waals surface area contributed by atoms with E-state index in [-0.39, 0.29) is 141 Å². The summed E-state index contributed by atoms with van der Waals surface area (Å²) in [6.45, 7) is 59.2. The van der Waals surface area contributed by atoms with E-state index < -0.39 is 0 Å². The second-order valence-corrected chi connectivity index (χ2v) is 24.5. The number of rotatable bonds is 0. The third-order valence-electron chi connectivity index (χ3n) is 11.4. The molecule has 107 heavy (non-hydrogen) atoms. The smallest absolute Gasteiger partial charge is 0.223 e. The third-order valence-corrected chi connectivity index (χ3v) is 15.1. The van der Waals surface area contributed by atoms with Crippen LogP contribution in [0.5, 0.6) is 0 Å². The molecule has 0 aromatic carbocycles. The summed E-state index contributed by atoms with van der Waals surface area (Å²) in [6, 6.07) is 1.97. The van der Waals surface area contributed by atoms with E-state index in [9.17, 15) is 0 Å². The zero-order valence-electron chi connectivity index (χ0n) is 59.2. The lowest BCUT2D eigenvalue weighted by atomic mass is 10.2. The van der Waals surface area contributed by atoms with E-state index in [1.165, 1.54) is 63.8 Å². The average Bonchev–Trinajstić information content (AvgIpc) is 1.79. The summed E-state index contributed by atoms with van der Waals surface area (Å²) in [5, 5.41) is 31.5. The normalized spacial score (nSPS) is 7.75. The van der Waals surface area contributed by atoms with Gasteiger partial charge in [0.1, 0.15) is 28.1 Å². The van der Waals surface area contributed by atoms with Gasteiger partial charge in [-0.3, -0.25) is 9.36 Å². The van der Waals surface area contributed by atoms with Crippen molar-refractivity contribution in [2.75, 3.05) is 0 Å². The molecule has 11 heterocycles. The van der Waals surface area contributed by atoms with E-state index in [0.29, 0.717) is 11.7 Å². The molecule has 0 spiro atoms. The predicted octanol–water partition coefficient (Wildman–Crippen LogP) is 28.9. The molecule has 0 unspecified atom stereocenters. The van der Waals surface area contributed by atoms with Gasteiger partial charge in [-0.25, -0.2) is 24.9 Å². The molecule has 0 aliphatic carbocycles. The Morgan fingerprint density at radius 3 is 0.757 bits per heavy atom. The van der Waals surface area contributed by atoms with Crippen LogP contribution in [0.15, 0.2) is 42.6 Å². The summed E-state index contributed by atoms with van der Waals surface area (Å²) in [4.78, 5) is 30.2. The first-order valence-corrected chi connectivity index (χ1v) is 32.0. The molecule has 0 aliphatic rings. The fourth-order valence-electron chi connectivity index (χ4n) is 6.07. The Balaban J connectivity index is -0.0000000391. The molecular weight excluding hydrogens is 1420 g/mol. The standard InChI is InChI=1S/3C6H9NO.3C6H9NS.C5H9N3.2C5H8N2.C4H6N2O.C4H6N2S.2C2H6.19CH4/c1-4-5(2)8-6(3)7-4;2*1-4-5(2)7-8-6(4)3;3*1-4-5(2)8-6(3)7-4;1-4-5(2)7-8(3)6-4;1-5-3-6-7(2)4-5;1-5-3-4-7(2)6-5;2*1-3-5-4(2)7-6-3;2*1-2;;;;;;;;;;;;;;;;;;;/h7*1-3H3;2*3-4H,1-2H3;2*1-2H3;2*1-2H3;19*1H4. The van der Waals surface area contributed by atoms with Gasteiger partial charge in [-0.15, -0.1) is 34.0 Å². The third kappa shape index (κ3) is 70.2. The minimum atomic E-state index is 0. The van der Waals surface area contributed by atoms with Gasteiger partial charge in [0.2, 0.25) is 5.89 Å². The molecule has 25 heteroatoms. The van der Waals surface area contributed by atoms with Crippen molar-refractivity contribution in [2.45, 2.75) is 349 Å². The van der Waals surface area contributed by atoms with E-state index in [1.54, 1.807) is 62.0 Å². The minimum absolute atomic E-state index is 0. The van der Waals surface area contributed by atoms with Crippen LogP contribution < -0.4 is 0 Å². The summed E-state index contributed by atoms with van der Waals surface area (Å²) in [5.41, 5.74) is 13.1. The number of aryl methyl sites for hydroxylation is 27. The van der Waals surface area contributed by atoms with Crippen LogP contribution in [0.3, 0.4) is 0 Å². The monoisotopic (exact) mass is 1590 g/mol. The van der Waals surface area contributed by atoms with Gasteiger partial charge in [-0.05, 0) is 189 Å². The molecule has 0 fully saturated rings. The summed E-state index contributed by atoms with van der Waals surface area (Å²) in [7, 11) is 5.64. The van der Waals surface area contributed by atoms with E-state index in [2.05, 4.69) is 95.4 Å². The van der Waals surface area contributed by atoms with Gasteiger partial charge in [0.05, 0.1) is 72.5 Å². The molecule has 11 rings (SSSR count). The molecule has 0 aliphatic heterocycles. The second-order valence-electron chi connectivity index (χ2n) is 19.3. The molecule has 11 aromatic heterocycles. The Morgan fingerprint density at radius 1 is 0.327 bits per heavy atom. The van der Waals surface area contributed by atoms with Crippen molar-refractivity contribution in [3.05, 3.63) is 168 Å². The number of thiazole rings is 3. The van der Waals surface area contributed by atoms with Gasteiger partial charge in [0, 0.05) is 73.1 Å². The van der Waals surface area contributed by atoms with Gasteiger partial charge in [0.25, 0.3) is 0 Å². The van der Waals surface area contributed by atoms with Crippen molar-refractivity contribution in [1.29, 1.82) is 0 Å². The zero-order valence-corrected chi connectivity index (χ0v) is 62.4. The SMILES string of the molecule is C.C.C.C.C.C.C.C.C.C.C.C.C.C.C.C.C.C.C.CC.CC.Cc1ccn(C)n1.Cc1cnn(C)c1.Cc1nc(C)c(C)o1.Cc1nc(C)c(C)s1.Cc1nc(C)c(C)s1.Cc1nc(C)c(C)s1.Cc1nn(C)nc1C.Cc1noc(C)c1C.Cc1noc(C)c1C.Cc1noc(C)n1.Cc1nsc(C)n1. The molecule has 11 aromatic rings. The molecule has 0 N–H and O–H groups in total. The number of aromatic nitrogens is 17. The summed E-state index contributed by atoms with van der Waals surface area (Å²) >= 11 is 6.72. The quantitative estimate of drug-likeness (QED) is 0.137. The number of oxazole rings is 1. The van der Waals surface area contributed by atoms with Crippen molar-refractivity contribution in [2.24, 2.45) is 21.1 Å². The summed E-state index contributed by atoms with van der Waals surface area (Å²) in [6.07, 6.45) is 5.73. The number of hydrogen-bond donors (Lipinski definition) is 0. The average molecular weight is 1600 g/mol. The maximum atomic E-state index is 5.10. The van der Waals surface area contributed by atoms with Gasteiger partial charge in [-0.2, -0.15) is 34.5 Å². The first-order chi connectivity index (χ1) is 41.1. The summed E-state index contributed by atoms with van der Waals surface area (Å²) < 4.78 is 26.9. The van der Waals surface area contributed by atoms with Crippen LogP contribution in [0.1, 0.15) is 312 Å². The highest BCUT2D eigenvalue weighted by atomic mass is 32.1. The zero-order chi connectivity index (χ0) is 68.1. The molecule has 0 bridgehead atoms. The first kappa shape index (κ1) is 157. The largest absolute Gasteiger partial charge is 0.446 e. The first-order valence-electron chi connectivity index (χ1n) is 28.8. The van der Waals surface area contributed by atoms with Gasteiger partial charge in [-0.1, -0.05) is 184 Å². The number of nitrogens with zero attached hydrogens (tertiary/aromatic N) is 17. The van der Waals surface area contributed by atoms with Crippen LogP contribution in [0, 0.1) is 180 Å². The predicted molar refractivity (Wildman–Crippen MR) is 491 cm³/mol. The highest BCUT2D eigenvalue weighted by Gasteiger charge is 2.03. The van der Waals surface area contributed by atoms with Crippen LogP contribution in [-0.2, 0) is 21.1 Å². The van der Waals surface area contributed by atoms with Crippen LogP contribution in [0.2, 0.25) is 0 Å². The molecule has 0 saturated heterocycles. The molecule has 640 valence electrons. The highest BCUT2D eigenvalue weighted by molar-refractivity contribution is 7.12. The van der Waals surface area contributed by atoms with Crippen molar-refractivity contribution in [3.63, 3.8) is 0 Å². The van der Waals surface area contributed by atoms with Crippen LogP contribution in [0.4, 0.5) is 0 Å². The van der Waals surface area contributed by atoms with Crippen molar-refractivity contribution in [3.8, 4) is 0 Å². The minimum Gasteiger partial charge on any atom is -0.446 e. The molecule has 0 atom stereocenters. The lowest BCUT2D eigenvalue weighted by Gasteiger charge is -1.80. The highest BCUT2D eigenvalue weighted by Crippen LogP contribution is 2.16. The lowest BCUT2D eigenvalue weighted by Crippen LogP contribution is -1.91. The topological polar surface area (TPSA) is 248 Å². The van der Waals surface area contributed by atoms with E-state index in [0.717, 1.165) is 79.3 Å². The van der Waals surface area contributed by atoms with Crippen molar-refractivity contribution >= 4 is 45.5 Å². The second kappa shape index (κ2) is 84.4. The Hall–Kier alpha value is -7.22. The van der Waals surface area contributed by atoms with E-state index in [1.807, 2.05) is 219 Å². The fraction of sp³-hybridized carbons (Fsp3) is 0.634. The van der Waals surface area contributed by atoms with Crippen LogP contribution >= 0.6 is 45.5 Å². The van der Waals surface area contributed by atoms with Crippen molar-refractivity contribution in [1.82, 2.24) is 84.3 Å². The van der Waals surface area contributed by atoms with Crippen LogP contribution in [0.25, 0.3) is 0 Å². The maximum absolute atomic E-state index is 5.10. The van der Waals surface area contributed by atoms with Gasteiger partial charge >= 0.3 is 0 Å². The molecule has 0 saturated carbocycles. The Labute approximate surface area is 681 Å². The number of hydrogen-bond acceptors (Lipinski definition) is 22. The maximum Gasteiger partial charge on any atom is 0.223 e. The van der Waals surface area contributed by atoms with Gasteiger partial charge < -0.3 is 18.0 Å². The summed E-state index contributed by atoms with van der Waals surface area (Å²) in [5.74, 6) is 5.70. The van der Waals surface area contributed by atoms with Crippen LogP contribution in [-0.4, -0.2) is 84.3 Å². The molecule has 0 amide bonds. The van der Waals surface area contributed by atoms with E-state index >= 15 is 0 Å². The van der Waals surface area contributed by atoms with Crippen molar-refractivity contribution < 1.29 is 18.0 Å². The Morgan fingerprint density at radius 2 is 0.682 bits per heavy atom. The fourth-order valence-corrected chi connectivity index (χ4v) is 9.00.